The summed E-state index contributed by atoms with van der Waals surface area (Å²) in [5.74, 6) is 2.78. The SMILES string of the molecule is CC[C@@H]1O[C@H](CC)[C@@H]2[C@H]1[C@H]1CC(C(=O)OC3(C)CCCC3)[C@@H]2C1. The Morgan fingerprint density at radius 2 is 1.74 bits per heavy atom. The first kappa shape index (κ1) is 15.9. The van der Waals surface area contributed by atoms with Gasteiger partial charge in [-0.3, -0.25) is 4.79 Å². The first-order chi connectivity index (χ1) is 11.1. The summed E-state index contributed by atoms with van der Waals surface area (Å²) >= 11 is 0. The van der Waals surface area contributed by atoms with E-state index in [0.29, 0.717) is 35.9 Å². The molecule has 7 atom stereocenters. The molecule has 4 rings (SSSR count). The molecule has 0 aromatic heterocycles. The second kappa shape index (κ2) is 5.75. The van der Waals surface area contributed by atoms with Crippen molar-refractivity contribution >= 4 is 5.97 Å². The van der Waals surface area contributed by atoms with Crippen molar-refractivity contribution in [3.05, 3.63) is 0 Å². The van der Waals surface area contributed by atoms with E-state index >= 15 is 0 Å². The summed E-state index contributed by atoms with van der Waals surface area (Å²) in [7, 11) is 0. The van der Waals surface area contributed by atoms with Crippen molar-refractivity contribution in [2.24, 2.45) is 29.6 Å². The standard InChI is InChI=1S/C20H32O3/c1-4-15-17-12-10-13(18(17)16(5-2)22-15)14(11-12)19(21)23-20(3)8-6-7-9-20/h12-18H,4-11H2,1-3H3/t12-,13+,14?,15+,16-,17+,18-/m1/s1. The second-order valence-corrected chi connectivity index (χ2v) is 8.76. The molecule has 4 fully saturated rings. The zero-order valence-electron chi connectivity index (χ0n) is 14.9. The average Bonchev–Trinajstić information content (AvgIpc) is 3.27. The molecule has 1 aliphatic heterocycles. The van der Waals surface area contributed by atoms with Crippen LogP contribution in [0, 0.1) is 29.6 Å². The smallest absolute Gasteiger partial charge is 0.309 e. The largest absolute Gasteiger partial charge is 0.459 e. The van der Waals surface area contributed by atoms with Crippen molar-refractivity contribution in [3.63, 3.8) is 0 Å². The van der Waals surface area contributed by atoms with Crippen molar-refractivity contribution in [2.45, 2.75) is 89.9 Å². The molecule has 23 heavy (non-hydrogen) atoms. The Kier molecular flexibility index (Phi) is 3.98. The third kappa shape index (κ3) is 2.45. The fourth-order valence-corrected chi connectivity index (χ4v) is 6.48. The quantitative estimate of drug-likeness (QED) is 0.723. The maximum absolute atomic E-state index is 12.9. The van der Waals surface area contributed by atoms with Gasteiger partial charge in [-0.05, 0) is 82.0 Å². The van der Waals surface area contributed by atoms with E-state index in [4.69, 9.17) is 9.47 Å². The second-order valence-electron chi connectivity index (χ2n) is 8.76. The summed E-state index contributed by atoms with van der Waals surface area (Å²) in [6, 6.07) is 0. The number of ether oxygens (including phenoxy) is 2. The average molecular weight is 320 g/mol. The third-order valence-corrected chi connectivity index (χ3v) is 7.46. The summed E-state index contributed by atoms with van der Waals surface area (Å²) in [5, 5.41) is 0. The van der Waals surface area contributed by atoms with Crippen molar-refractivity contribution in [3.8, 4) is 0 Å². The van der Waals surface area contributed by atoms with Gasteiger partial charge in [0.05, 0.1) is 18.1 Å². The highest BCUT2D eigenvalue weighted by Crippen LogP contribution is 2.62. The van der Waals surface area contributed by atoms with Crippen molar-refractivity contribution in [2.75, 3.05) is 0 Å². The van der Waals surface area contributed by atoms with Crippen LogP contribution in [0.25, 0.3) is 0 Å². The van der Waals surface area contributed by atoms with Crippen LogP contribution >= 0.6 is 0 Å². The van der Waals surface area contributed by atoms with Crippen molar-refractivity contribution in [1.29, 1.82) is 0 Å². The van der Waals surface area contributed by atoms with Crippen LogP contribution in [0.15, 0.2) is 0 Å². The number of carbonyl (C=O) groups excluding carboxylic acids is 1. The van der Waals surface area contributed by atoms with E-state index in [-0.39, 0.29) is 17.5 Å². The molecule has 2 bridgehead atoms. The van der Waals surface area contributed by atoms with E-state index in [1.54, 1.807) is 0 Å². The highest BCUT2D eigenvalue weighted by Gasteiger charge is 2.62. The zero-order chi connectivity index (χ0) is 16.2. The van der Waals surface area contributed by atoms with E-state index in [0.717, 1.165) is 32.1 Å². The highest BCUT2D eigenvalue weighted by atomic mass is 16.6. The molecule has 0 spiro atoms. The molecule has 0 amide bonds. The number of fused-ring (bicyclic) bond motifs is 5. The molecule has 1 heterocycles. The van der Waals surface area contributed by atoms with Gasteiger partial charge in [-0.25, -0.2) is 0 Å². The van der Waals surface area contributed by atoms with Crippen molar-refractivity contribution < 1.29 is 14.3 Å². The Labute approximate surface area is 140 Å². The highest BCUT2D eigenvalue weighted by molar-refractivity contribution is 5.74. The molecule has 130 valence electrons. The summed E-state index contributed by atoms with van der Waals surface area (Å²) in [6.07, 6.45) is 9.80. The monoisotopic (exact) mass is 320 g/mol. The van der Waals surface area contributed by atoms with E-state index in [2.05, 4.69) is 20.8 Å². The molecule has 3 aliphatic carbocycles. The normalized spacial score (nSPS) is 47.0. The Hall–Kier alpha value is -0.570. The first-order valence-corrected chi connectivity index (χ1v) is 9.94. The van der Waals surface area contributed by atoms with E-state index < -0.39 is 0 Å². The molecule has 3 heteroatoms. The fraction of sp³-hybridized carbons (Fsp3) is 0.950. The lowest BCUT2D eigenvalue weighted by Crippen LogP contribution is -2.39. The molecule has 4 aliphatic rings. The van der Waals surface area contributed by atoms with E-state index in [9.17, 15) is 4.79 Å². The molecular formula is C20H32O3. The molecule has 1 unspecified atom stereocenters. The van der Waals surface area contributed by atoms with Gasteiger partial charge >= 0.3 is 5.97 Å². The zero-order valence-corrected chi connectivity index (χ0v) is 14.9. The van der Waals surface area contributed by atoms with E-state index in [1.165, 1.54) is 19.3 Å². The maximum Gasteiger partial charge on any atom is 0.309 e. The molecule has 0 aromatic carbocycles. The van der Waals surface area contributed by atoms with Crippen LogP contribution in [-0.2, 0) is 14.3 Å². The van der Waals surface area contributed by atoms with Gasteiger partial charge < -0.3 is 9.47 Å². The van der Waals surface area contributed by atoms with Gasteiger partial charge in [0, 0.05) is 0 Å². The number of esters is 1. The van der Waals surface area contributed by atoms with Gasteiger partial charge in [-0.2, -0.15) is 0 Å². The Balaban J connectivity index is 1.48. The van der Waals surface area contributed by atoms with Crippen molar-refractivity contribution in [1.82, 2.24) is 0 Å². The molecular weight excluding hydrogens is 288 g/mol. The molecule has 1 saturated heterocycles. The fourth-order valence-electron chi connectivity index (χ4n) is 6.48. The maximum atomic E-state index is 12.9. The summed E-state index contributed by atoms with van der Waals surface area (Å²) < 4.78 is 12.4. The van der Waals surface area contributed by atoms with E-state index in [1.807, 2.05) is 0 Å². The summed E-state index contributed by atoms with van der Waals surface area (Å²) in [5.41, 5.74) is -0.180. The Morgan fingerprint density at radius 1 is 1.09 bits per heavy atom. The lowest BCUT2D eigenvalue weighted by atomic mass is 9.70. The number of carbonyl (C=O) groups is 1. The number of hydrogen-bond donors (Lipinski definition) is 0. The molecule has 0 aromatic rings. The van der Waals surface area contributed by atoms with Crippen LogP contribution in [-0.4, -0.2) is 23.8 Å². The van der Waals surface area contributed by atoms with Gasteiger partial charge in [0.25, 0.3) is 0 Å². The van der Waals surface area contributed by atoms with Gasteiger partial charge in [0.15, 0.2) is 0 Å². The number of rotatable bonds is 4. The third-order valence-electron chi connectivity index (χ3n) is 7.46. The topological polar surface area (TPSA) is 35.5 Å². The molecule has 3 nitrogen and oxygen atoms in total. The van der Waals surface area contributed by atoms with Gasteiger partial charge in [0.1, 0.15) is 5.60 Å². The van der Waals surface area contributed by atoms with Crippen LogP contribution in [0.4, 0.5) is 0 Å². The van der Waals surface area contributed by atoms with Crippen LogP contribution in [0.1, 0.15) is 72.1 Å². The van der Waals surface area contributed by atoms with Crippen LogP contribution in [0.3, 0.4) is 0 Å². The Bertz CT molecular complexity index is 468. The van der Waals surface area contributed by atoms with Gasteiger partial charge in [0.2, 0.25) is 0 Å². The Morgan fingerprint density at radius 3 is 2.39 bits per heavy atom. The van der Waals surface area contributed by atoms with Gasteiger partial charge in [-0.15, -0.1) is 0 Å². The van der Waals surface area contributed by atoms with Crippen LogP contribution in [0.2, 0.25) is 0 Å². The summed E-state index contributed by atoms with van der Waals surface area (Å²) in [6.45, 7) is 6.62. The lowest BCUT2D eigenvalue weighted by molar-refractivity contribution is -0.165. The molecule has 0 N–H and O–H groups in total. The summed E-state index contributed by atoms with van der Waals surface area (Å²) in [4.78, 5) is 12.9. The first-order valence-electron chi connectivity index (χ1n) is 9.94. The molecule has 0 radical (unpaired) electrons. The van der Waals surface area contributed by atoms with Crippen LogP contribution < -0.4 is 0 Å². The molecule has 3 saturated carbocycles. The number of hydrogen-bond acceptors (Lipinski definition) is 3. The predicted molar refractivity (Wildman–Crippen MR) is 88.9 cm³/mol. The van der Waals surface area contributed by atoms with Crippen LogP contribution in [0.5, 0.6) is 0 Å². The minimum atomic E-state index is -0.180. The predicted octanol–water partition coefficient (Wildman–Crippen LogP) is 4.34. The lowest BCUT2D eigenvalue weighted by Gasteiger charge is -2.34. The van der Waals surface area contributed by atoms with Gasteiger partial charge in [-0.1, -0.05) is 13.8 Å². The minimum absolute atomic E-state index is 0.107. The minimum Gasteiger partial charge on any atom is -0.459 e.